The van der Waals surface area contributed by atoms with Crippen LogP contribution in [0.25, 0.3) is 88.3 Å². The third-order valence-corrected chi connectivity index (χ3v) is 11.7. The standard InChI is InChI=1S/C58H39NO/c1-4-13-40(14-5-1)41-23-31-48(32-24-41)59(49-33-25-42(26-34-49)47-30-37-51(43-15-6-2-7-16-43)55(39-47)44-17-8-3-9-18-44)50-35-27-46(28-36-50)52-21-12-22-56-57(52)54-38-29-45-19-10-11-20-53(45)58(54)60-56/h1-39H. The molecular weight excluding hydrogens is 727 g/mol. The van der Waals surface area contributed by atoms with Gasteiger partial charge in [0, 0.05) is 33.2 Å². The summed E-state index contributed by atoms with van der Waals surface area (Å²) in [6.45, 7) is 0. The molecule has 1 aromatic heterocycles. The number of rotatable bonds is 8. The Labute approximate surface area is 349 Å². The topological polar surface area (TPSA) is 16.4 Å². The van der Waals surface area contributed by atoms with Gasteiger partial charge in [-0.2, -0.15) is 0 Å². The zero-order valence-electron chi connectivity index (χ0n) is 32.9. The quantitative estimate of drug-likeness (QED) is 0.153. The Bertz CT molecular complexity index is 3260. The van der Waals surface area contributed by atoms with E-state index in [4.69, 9.17) is 4.42 Å². The van der Waals surface area contributed by atoms with Crippen LogP contribution in [0.2, 0.25) is 0 Å². The van der Waals surface area contributed by atoms with Crippen molar-refractivity contribution in [3.05, 3.63) is 237 Å². The number of hydrogen-bond donors (Lipinski definition) is 0. The molecule has 0 N–H and O–H groups in total. The molecule has 10 aromatic carbocycles. The molecule has 0 bridgehead atoms. The summed E-state index contributed by atoms with van der Waals surface area (Å²) in [5.41, 5.74) is 17.0. The smallest absolute Gasteiger partial charge is 0.143 e. The van der Waals surface area contributed by atoms with Crippen LogP contribution >= 0.6 is 0 Å². The Morgan fingerprint density at radius 2 is 0.767 bits per heavy atom. The Hall–Kier alpha value is -7.94. The average Bonchev–Trinajstić information content (AvgIpc) is 3.73. The van der Waals surface area contributed by atoms with E-state index in [9.17, 15) is 0 Å². The fourth-order valence-electron chi connectivity index (χ4n) is 8.72. The third-order valence-electron chi connectivity index (χ3n) is 11.7. The first kappa shape index (κ1) is 35.2. The molecule has 0 saturated heterocycles. The maximum absolute atomic E-state index is 6.54. The second-order valence-corrected chi connectivity index (χ2v) is 15.3. The molecule has 0 aliphatic rings. The summed E-state index contributed by atoms with van der Waals surface area (Å²) in [6, 6.07) is 84.7. The van der Waals surface area contributed by atoms with Crippen LogP contribution in [0.3, 0.4) is 0 Å². The molecule has 2 heteroatoms. The van der Waals surface area contributed by atoms with Gasteiger partial charge < -0.3 is 9.32 Å². The molecule has 0 atom stereocenters. The highest BCUT2D eigenvalue weighted by Gasteiger charge is 2.18. The van der Waals surface area contributed by atoms with Gasteiger partial charge in [-0.1, -0.05) is 182 Å². The minimum absolute atomic E-state index is 0.897. The average molecular weight is 766 g/mol. The van der Waals surface area contributed by atoms with Crippen molar-refractivity contribution in [2.75, 3.05) is 4.90 Å². The summed E-state index contributed by atoms with van der Waals surface area (Å²) < 4.78 is 6.54. The fraction of sp³-hybridized carbons (Fsp3) is 0. The van der Waals surface area contributed by atoms with Gasteiger partial charge in [-0.05, 0) is 116 Å². The molecule has 0 spiro atoms. The van der Waals surface area contributed by atoms with Crippen LogP contribution in [0.15, 0.2) is 241 Å². The monoisotopic (exact) mass is 765 g/mol. The van der Waals surface area contributed by atoms with Gasteiger partial charge in [0.25, 0.3) is 0 Å². The number of hydrogen-bond acceptors (Lipinski definition) is 2. The molecule has 2 nitrogen and oxygen atoms in total. The molecule has 1 heterocycles. The van der Waals surface area contributed by atoms with E-state index in [-0.39, 0.29) is 0 Å². The van der Waals surface area contributed by atoms with Crippen LogP contribution in [0.5, 0.6) is 0 Å². The van der Waals surface area contributed by atoms with E-state index in [1.807, 2.05) is 0 Å². The van der Waals surface area contributed by atoms with Gasteiger partial charge in [-0.25, -0.2) is 0 Å². The maximum Gasteiger partial charge on any atom is 0.143 e. The molecular formula is C58H39NO. The maximum atomic E-state index is 6.54. The number of nitrogens with zero attached hydrogens (tertiary/aromatic N) is 1. The van der Waals surface area contributed by atoms with Crippen LogP contribution in [0, 0.1) is 0 Å². The van der Waals surface area contributed by atoms with E-state index in [2.05, 4.69) is 241 Å². The zero-order valence-corrected chi connectivity index (χ0v) is 32.9. The van der Waals surface area contributed by atoms with E-state index in [0.29, 0.717) is 0 Å². The Kier molecular flexibility index (Phi) is 8.87. The minimum Gasteiger partial charge on any atom is -0.455 e. The van der Waals surface area contributed by atoms with Gasteiger partial charge in [0.05, 0.1) is 0 Å². The van der Waals surface area contributed by atoms with Crippen LogP contribution in [0.1, 0.15) is 0 Å². The molecule has 282 valence electrons. The molecule has 0 amide bonds. The molecule has 11 rings (SSSR count). The van der Waals surface area contributed by atoms with Crippen molar-refractivity contribution in [2.45, 2.75) is 0 Å². The lowest BCUT2D eigenvalue weighted by Gasteiger charge is -2.26. The lowest BCUT2D eigenvalue weighted by molar-refractivity contribution is 0.673. The predicted molar refractivity (Wildman–Crippen MR) is 253 cm³/mol. The van der Waals surface area contributed by atoms with E-state index in [1.165, 1.54) is 49.9 Å². The first-order valence-electron chi connectivity index (χ1n) is 20.5. The van der Waals surface area contributed by atoms with Crippen molar-refractivity contribution < 1.29 is 4.42 Å². The van der Waals surface area contributed by atoms with E-state index < -0.39 is 0 Å². The lowest BCUT2D eigenvalue weighted by atomic mass is 9.91. The van der Waals surface area contributed by atoms with E-state index >= 15 is 0 Å². The Morgan fingerprint density at radius 3 is 1.40 bits per heavy atom. The number of anilines is 3. The molecule has 0 unspecified atom stereocenters. The SMILES string of the molecule is c1ccc(-c2ccc(N(c3ccc(-c4ccc(-c5ccccc5)c(-c5ccccc5)c4)cc3)c3ccc(-c4cccc5oc6c7ccccc7ccc6c45)cc3)cc2)cc1. The third kappa shape index (κ3) is 6.41. The van der Waals surface area contributed by atoms with Crippen molar-refractivity contribution in [3.8, 4) is 55.6 Å². The molecule has 11 aromatic rings. The van der Waals surface area contributed by atoms with Gasteiger partial charge in [0.15, 0.2) is 0 Å². The van der Waals surface area contributed by atoms with E-state index in [0.717, 1.165) is 55.5 Å². The van der Waals surface area contributed by atoms with Gasteiger partial charge >= 0.3 is 0 Å². The van der Waals surface area contributed by atoms with Crippen LogP contribution in [-0.4, -0.2) is 0 Å². The van der Waals surface area contributed by atoms with Crippen molar-refractivity contribution in [1.82, 2.24) is 0 Å². The first-order chi connectivity index (χ1) is 29.7. The molecule has 60 heavy (non-hydrogen) atoms. The summed E-state index contributed by atoms with van der Waals surface area (Å²) >= 11 is 0. The predicted octanol–water partition coefficient (Wildman–Crippen LogP) is 16.5. The summed E-state index contributed by atoms with van der Waals surface area (Å²) in [4.78, 5) is 2.34. The fourth-order valence-corrected chi connectivity index (χ4v) is 8.72. The van der Waals surface area contributed by atoms with Crippen LogP contribution in [-0.2, 0) is 0 Å². The van der Waals surface area contributed by atoms with Crippen LogP contribution in [0.4, 0.5) is 17.1 Å². The number of furan rings is 1. The van der Waals surface area contributed by atoms with Gasteiger partial charge in [-0.3, -0.25) is 0 Å². The largest absolute Gasteiger partial charge is 0.455 e. The molecule has 0 fully saturated rings. The van der Waals surface area contributed by atoms with Gasteiger partial charge in [-0.15, -0.1) is 0 Å². The number of benzene rings is 10. The highest BCUT2D eigenvalue weighted by atomic mass is 16.3. The zero-order chi connectivity index (χ0) is 39.8. The Balaban J connectivity index is 0.984. The summed E-state index contributed by atoms with van der Waals surface area (Å²) in [6.07, 6.45) is 0. The molecule has 0 aliphatic heterocycles. The van der Waals surface area contributed by atoms with Gasteiger partial charge in [0.1, 0.15) is 11.2 Å². The van der Waals surface area contributed by atoms with Crippen molar-refractivity contribution in [1.29, 1.82) is 0 Å². The summed E-state index contributed by atoms with van der Waals surface area (Å²) in [7, 11) is 0. The number of fused-ring (bicyclic) bond motifs is 5. The van der Waals surface area contributed by atoms with Gasteiger partial charge in [0.2, 0.25) is 0 Å². The minimum atomic E-state index is 0.897. The highest BCUT2D eigenvalue weighted by Crippen LogP contribution is 2.42. The highest BCUT2D eigenvalue weighted by molar-refractivity contribution is 6.19. The van der Waals surface area contributed by atoms with Crippen LogP contribution < -0.4 is 4.90 Å². The van der Waals surface area contributed by atoms with Crippen molar-refractivity contribution in [2.24, 2.45) is 0 Å². The van der Waals surface area contributed by atoms with E-state index in [1.54, 1.807) is 0 Å². The summed E-state index contributed by atoms with van der Waals surface area (Å²) in [5, 5.41) is 4.59. The van der Waals surface area contributed by atoms with Crippen molar-refractivity contribution >= 4 is 49.8 Å². The lowest BCUT2D eigenvalue weighted by Crippen LogP contribution is -2.09. The summed E-state index contributed by atoms with van der Waals surface area (Å²) in [5.74, 6) is 0. The normalized spacial score (nSPS) is 11.3. The Morgan fingerprint density at radius 1 is 0.283 bits per heavy atom. The first-order valence-corrected chi connectivity index (χ1v) is 20.5. The molecule has 0 aliphatic carbocycles. The van der Waals surface area contributed by atoms with Crippen molar-refractivity contribution in [3.63, 3.8) is 0 Å². The molecule has 0 radical (unpaired) electrons. The second-order valence-electron chi connectivity index (χ2n) is 15.3. The molecule has 0 saturated carbocycles. The second kappa shape index (κ2) is 15.1.